The molecule has 1 aromatic rings. The molecule has 6 heteroatoms. The maximum atomic E-state index is 12.4. The zero-order valence-electron chi connectivity index (χ0n) is 10.7. The Balaban J connectivity index is 2.05. The van der Waals surface area contributed by atoms with Gasteiger partial charge in [-0.15, -0.1) is 0 Å². The molecule has 0 bridgehead atoms. The summed E-state index contributed by atoms with van der Waals surface area (Å²) in [5.74, 6) is 0.438. The van der Waals surface area contributed by atoms with Crippen molar-refractivity contribution in [2.45, 2.75) is 37.5 Å². The third-order valence-electron chi connectivity index (χ3n) is 3.53. The molecule has 0 radical (unpaired) electrons. The monoisotopic (exact) mass is 274 g/mol. The van der Waals surface area contributed by atoms with Crippen molar-refractivity contribution in [3.05, 3.63) is 23.9 Å². The fourth-order valence-electron chi connectivity index (χ4n) is 2.49. The van der Waals surface area contributed by atoms with Gasteiger partial charge in [0.05, 0.1) is 11.2 Å². The average Bonchev–Trinajstić information content (AvgIpc) is 2.75. The van der Waals surface area contributed by atoms with Crippen LogP contribution in [0.25, 0.3) is 0 Å². The van der Waals surface area contributed by atoms with Crippen LogP contribution in [0.5, 0.6) is 0 Å². The molecule has 0 saturated heterocycles. The first kappa shape index (κ1) is 14.1. The standard InChI is InChI=1S/C13H17F3N2O/c1-18(9-12(19)6-2-3-7-12)11-5-4-10(8-17-11)13(14,15)16/h4-5,8,19H,2-3,6-7,9H2,1H3. The number of pyridine rings is 1. The average molecular weight is 274 g/mol. The molecule has 0 spiro atoms. The predicted molar refractivity (Wildman–Crippen MR) is 65.9 cm³/mol. The number of likely N-dealkylation sites (N-methyl/N-ethyl adjacent to an activating group) is 1. The fraction of sp³-hybridized carbons (Fsp3) is 0.615. The maximum absolute atomic E-state index is 12.4. The maximum Gasteiger partial charge on any atom is 0.417 e. The van der Waals surface area contributed by atoms with E-state index in [9.17, 15) is 18.3 Å². The van der Waals surface area contributed by atoms with Gasteiger partial charge in [-0.2, -0.15) is 13.2 Å². The van der Waals surface area contributed by atoms with E-state index < -0.39 is 17.3 Å². The quantitative estimate of drug-likeness (QED) is 0.920. The number of nitrogens with zero attached hydrogens (tertiary/aromatic N) is 2. The lowest BCUT2D eigenvalue weighted by Gasteiger charge is -2.29. The molecule has 1 aliphatic rings. The molecule has 1 aromatic heterocycles. The van der Waals surface area contributed by atoms with Crippen molar-refractivity contribution in [3.63, 3.8) is 0 Å². The lowest BCUT2D eigenvalue weighted by Crippen LogP contribution is -2.39. The topological polar surface area (TPSA) is 36.4 Å². The Morgan fingerprint density at radius 1 is 1.32 bits per heavy atom. The molecule has 0 atom stereocenters. The van der Waals surface area contributed by atoms with Gasteiger partial charge >= 0.3 is 6.18 Å². The molecule has 1 fully saturated rings. The van der Waals surface area contributed by atoms with Crippen LogP contribution in [-0.2, 0) is 6.18 Å². The summed E-state index contributed by atoms with van der Waals surface area (Å²) in [6.45, 7) is 0.394. The van der Waals surface area contributed by atoms with E-state index in [4.69, 9.17) is 0 Å². The third-order valence-corrected chi connectivity index (χ3v) is 3.53. The zero-order valence-corrected chi connectivity index (χ0v) is 10.7. The van der Waals surface area contributed by atoms with Gasteiger partial charge in [0, 0.05) is 19.8 Å². The summed E-state index contributed by atoms with van der Waals surface area (Å²) in [6.07, 6.45) is -0.0935. The Morgan fingerprint density at radius 3 is 2.42 bits per heavy atom. The largest absolute Gasteiger partial charge is 0.417 e. The van der Waals surface area contributed by atoms with E-state index in [2.05, 4.69) is 4.98 Å². The molecule has 0 amide bonds. The summed E-state index contributed by atoms with van der Waals surface area (Å²) in [4.78, 5) is 5.51. The molecule has 1 heterocycles. The molecular formula is C13H17F3N2O. The van der Waals surface area contributed by atoms with Crippen molar-refractivity contribution in [3.8, 4) is 0 Å². The summed E-state index contributed by atoms with van der Waals surface area (Å²) < 4.78 is 37.2. The summed E-state index contributed by atoms with van der Waals surface area (Å²) in [5.41, 5.74) is -1.50. The predicted octanol–water partition coefficient (Wildman–Crippen LogP) is 2.84. The molecule has 2 rings (SSSR count). The van der Waals surface area contributed by atoms with Crippen molar-refractivity contribution in [1.82, 2.24) is 4.98 Å². The van der Waals surface area contributed by atoms with Crippen LogP contribution in [0.4, 0.5) is 19.0 Å². The second-order valence-electron chi connectivity index (χ2n) is 5.19. The van der Waals surface area contributed by atoms with Crippen molar-refractivity contribution in [2.24, 2.45) is 0 Å². The van der Waals surface area contributed by atoms with E-state index in [1.807, 2.05) is 0 Å². The SMILES string of the molecule is CN(CC1(O)CCCC1)c1ccc(C(F)(F)F)cn1. The fourth-order valence-corrected chi connectivity index (χ4v) is 2.49. The zero-order chi connectivity index (χ0) is 14.1. The molecular weight excluding hydrogens is 257 g/mol. The molecule has 0 aromatic carbocycles. The minimum atomic E-state index is -4.37. The highest BCUT2D eigenvalue weighted by Gasteiger charge is 2.33. The summed E-state index contributed by atoms with van der Waals surface area (Å²) in [5, 5.41) is 10.3. The molecule has 1 aliphatic carbocycles. The molecule has 3 nitrogen and oxygen atoms in total. The summed E-state index contributed by atoms with van der Waals surface area (Å²) >= 11 is 0. The van der Waals surface area contributed by atoms with Crippen molar-refractivity contribution in [1.29, 1.82) is 0 Å². The Labute approximate surface area is 110 Å². The number of rotatable bonds is 3. The first-order valence-corrected chi connectivity index (χ1v) is 6.27. The molecule has 19 heavy (non-hydrogen) atoms. The van der Waals surface area contributed by atoms with E-state index in [1.54, 1.807) is 11.9 Å². The molecule has 1 N–H and O–H groups in total. The number of hydrogen-bond donors (Lipinski definition) is 1. The number of alkyl halides is 3. The molecule has 106 valence electrons. The van der Waals surface area contributed by atoms with Gasteiger partial charge in [-0.3, -0.25) is 0 Å². The van der Waals surface area contributed by atoms with Gasteiger partial charge < -0.3 is 10.0 Å². The van der Waals surface area contributed by atoms with Crippen molar-refractivity contribution in [2.75, 3.05) is 18.5 Å². The number of hydrogen-bond acceptors (Lipinski definition) is 3. The van der Waals surface area contributed by atoms with Gasteiger partial charge in [-0.1, -0.05) is 12.8 Å². The van der Waals surface area contributed by atoms with E-state index in [0.717, 1.165) is 37.9 Å². The van der Waals surface area contributed by atoms with Crippen LogP contribution >= 0.6 is 0 Å². The third kappa shape index (κ3) is 3.37. The second kappa shape index (κ2) is 5.00. The Kier molecular flexibility index (Phi) is 3.71. The number of aliphatic hydroxyl groups is 1. The van der Waals surface area contributed by atoms with Crippen LogP contribution in [0.3, 0.4) is 0 Å². The van der Waals surface area contributed by atoms with Gasteiger partial charge in [0.25, 0.3) is 0 Å². The number of anilines is 1. The smallest absolute Gasteiger partial charge is 0.388 e. The van der Waals surface area contributed by atoms with E-state index in [0.29, 0.717) is 12.4 Å². The van der Waals surface area contributed by atoms with Crippen LogP contribution in [-0.4, -0.2) is 29.3 Å². The molecule has 1 saturated carbocycles. The van der Waals surface area contributed by atoms with Crippen LogP contribution in [0.15, 0.2) is 18.3 Å². The summed E-state index contributed by atoms with van der Waals surface area (Å²) in [7, 11) is 1.73. The van der Waals surface area contributed by atoms with Crippen molar-refractivity contribution >= 4 is 5.82 Å². The minimum absolute atomic E-state index is 0.394. The normalized spacial score (nSPS) is 18.6. The molecule has 0 unspecified atom stereocenters. The Bertz CT molecular complexity index is 425. The first-order chi connectivity index (χ1) is 8.80. The summed E-state index contributed by atoms with van der Waals surface area (Å²) in [6, 6.07) is 2.35. The minimum Gasteiger partial charge on any atom is -0.388 e. The van der Waals surface area contributed by atoms with E-state index in [-0.39, 0.29) is 0 Å². The van der Waals surface area contributed by atoms with Gasteiger partial charge in [0.15, 0.2) is 0 Å². The highest BCUT2D eigenvalue weighted by Crippen LogP contribution is 2.32. The highest BCUT2D eigenvalue weighted by molar-refractivity contribution is 5.39. The number of halogens is 3. The van der Waals surface area contributed by atoms with Gasteiger partial charge in [0.1, 0.15) is 5.82 Å². The van der Waals surface area contributed by atoms with Crippen molar-refractivity contribution < 1.29 is 18.3 Å². The highest BCUT2D eigenvalue weighted by atomic mass is 19.4. The second-order valence-corrected chi connectivity index (χ2v) is 5.19. The van der Waals surface area contributed by atoms with Gasteiger partial charge in [-0.25, -0.2) is 4.98 Å². The van der Waals surface area contributed by atoms with Crippen LogP contribution in [0.2, 0.25) is 0 Å². The Hall–Kier alpha value is -1.30. The van der Waals surface area contributed by atoms with E-state index in [1.165, 1.54) is 6.07 Å². The van der Waals surface area contributed by atoms with Crippen LogP contribution in [0.1, 0.15) is 31.2 Å². The lowest BCUT2D eigenvalue weighted by molar-refractivity contribution is -0.137. The van der Waals surface area contributed by atoms with Crippen LogP contribution in [0, 0.1) is 0 Å². The number of aromatic nitrogens is 1. The first-order valence-electron chi connectivity index (χ1n) is 6.27. The Morgan fingerprint density at radius 2 is 1.95 bits per heavy atom. The lowest BCUT2D eigenvalue weighted by atomic mass is 10.0. The van der Waals surface area contributed by atoms with Gasteiger partial charge in [0.2, 0.25) is 0 Å². The molecule has 0 aliphatic heterocycles. The van der Waals surface area contributed by atoms with Gasteiger partial charge in [-0.05, 0) is 25.0 Å². The van der Waals surface area contributed by atoms with Crippen LogP contribution < -0.4 is 4.90 Å². The van der Waals surface area contributed by atoms with E-state index >= 15 is 0 Å².